The van der Waals surface area contributed by atoms with Crippen molar-refractivity contribution in [1.82, 2.24) is 10.6 Å². The number of carbonyl (C=O) groups excluding carboxylic acids is 2. The summed E-state index contributed by atoms with van der Waals surface area (Å²) in [5, 5.41) is 10.8. The van der Waals surface area contributed by atoms with Crippen LogP contribution in [0.15, 0.2) is 53.4 Å². The number of halogens is 1. The van der Waals surface area contributed by atoms with E-state index in [9.17, 15) is 18.0 Å². The van der Waals surface area contributed by atoms with Crippen molar-refractivity contribution in [3.05, 3.63) is 64.7 Å². The van der Waals surface area contributed by atoms with Gasteiger partial charge in [0.2, 0.25) is 15.9 Å². The number of hydrogen-bond donors (Lipinski definition) is 3. The molecule has 2 rings (SSSR count). The van der Waals surface area contributed by atoms with Crippen LogP contribution in [-0.4, -0.2) is 26.8 Å². The normalized spacial score (nSPS) is 12.3. The molecular weight excluding hydrogens is 378 g/mol. The van der Waals surface area contributed by atoms with Crippen LogP contribution in [0.25, 0.3) is 0 Å². The van der Waals surface area contributed by atoms with Gasteiger partial charge in [0, 0.05) is 10.6 Å². The second-order valence-electron chi connectivity index (χ2n) is 5.59. The first-order valence-electron chi connectivity index (χ1n) is 7.62. The van der Waals surface area contributed by atoms with Crippen LogP contribution in [0.5, 0.6) is 0 Å². The number of benzene rings is 2. The van der Waals surface area contributed by atoms with Gasteiger partial charge in [-0.05, 0) is 48.9 Å². The zero-order valence-corrected chi connectivity index (χ0v) is 15.5. The number of sulfonamides is 1. The quantitative estimate of drug-likeness (QED) is 0.688. The Kier molecular flexibility index (Phi) is 6.36. The Morgan fingerprint density at radius 1 is 1.08 bits per heavy atom. The van der Waals surface area contributed by atoms with E-state index in [0.29, 0.717) is 16.1 Å². The van der Waals surface area contributed by atoms with E-state index in [0.717, 1.165) is 0 Å². The van der Waals surface area contributed by atoms with E-state index in [-0.39, 0.29) is 29.3 Å². The monoisotopic (exact) mass is 395 g/mol. The van der Waals surface area contributed by atoms with Crippen molar-refractivity contribution in [3.63, 3.8) is 0 Å². The average molecular weight is 396 g/mol. The molecule has 4 N–H and O–H groups in total. The maximum absolute atomic E-state index is 12.0. The van der Waals surface area contributed by atoms with Crippen molar-refractivity contribution in [2.24, 2.45) is 5.14 Å². The van der Waals surface area contributed by atoms with Crippen LogP contribution in [0, 0.1) is 0 Å². The van der Waals surface area contributed by atoms with Crippen molar-refractivity contribution in [2.45, 2.75) is 17.9 Å². The molecule has 0 heterocycles. The fourth-order valence-electron chi connectivity index (χ4n) is 2.19. The SMILES string of the molecule is C[C@@H](NC(=O)CNC(=O)c1ccc(Cl)cc1)c1ccc(S(N)(=O)=O)cc1. The van der Waals surface area contributed by atoms with Crippen LogP contribution in [-0.2, 0) is 14.8 Å². The maximum atomic E-state index is 12.0. The zero-order valence-electron chi connectivity index (χ0n) is 13.9. The highest BCUT2D eigenvalue weighted by molar-refractivity contribution is 7.89. The van der Waals surface area contributed by atoms with Crippen LogP contribution >= 0.6 is 11.6 Å². The molecule has 0 aliphatic carbocycles. The number of nitrogens with two attached hydrogens (primary N) is 1. The summed E-state index contributed by atoms with van der Waals surface area (Å²) in [5.41, 5.74) is 1.10. The Labute approximate surface area is 156 Å². The number of primary sulfonamides is 1. The van der Waals surface area contributed by atoms with Crippen LogP contribution < -0.4 is 15.8 Å². The molecule has 0 saturated heterocycles. The van der Waals surface area contributed by atoms with Crippen LogP contribution in [0.1, 0.15) is 28.9 Å². The molecule has 2 amide bonds. The van der Waals surface area contributed by atoms with Crippen LogP contribution in [0.2, 0.25) is 5.02 Å². The molecule has 0 aliphatic heterocycles. The van der Waals surface area contributed by atoms with Gasteiger partial charge in [0.05, 0.1) is 17.5 Å². The number of amides is 2. The zero-order chi connectivity index (χ0) is 19.3. The molecule has 0 fully saturated rings. The molecule has 1 atom stereocenters. The average Bonchev–Trinajstić information content (AvgIpc) is 2.59. The molecule has 26 heavy (non-hydrogen) atoms. The Hall–Kier alpha value is -2.42. The summed E-state index contributed by atoms with van der Waals surface area (Å²) >= 11 is 5.76. The molecule has 0 unspecified atom stereocenters. The van der Waals surface area contributed by atoms with Gasteiger partial charge in [0.25, 0.3) is 5.91 Å². The van der Waals surface area contributed by atoms with E-state index >= 15 is 0 Å². The molecule has 7 nitrogen and oxygen atoms in total. The van der Waals surface area contributed by atoms with Crippen LogP contribution in [0.4, 0.5) is 0 Å². The van der Waals surface area contributed by atoms with E-state index in [4.69, 9.17) is 16.7 Å². The number of carbonyl (C=O) groups is 2. The Balaban J connectivity index is 1.88. The van der Waals surface area contributed by atoms with Gasteiger partial charge in [0.15, 0.2) is 0 Å². The van der Waals surface area contributed by atoms with Crippen molar-refractivity contribution in [2.75, 3.05) is 6.54 Å². The lowest BCUT2D eigenvalue weighted by atomic mass is 10.1. The highest BCUT2D eigenvalue weighted by Gasteiger charge is 2.13. The molecule has 0 saturated carbocycles. The van der Waals surface area contributed by atoms with Crippen molar-refractivity contribution < 1.29 is 18.0 Å². The lowest BCUT2D eigenvalue weighted by molar-refractivity contribution is -0.120. The third-order valence-corrected chi connectivity index (χ3v) is 4.78. The molecule has 9 heteroatoms. The highest BCUT2D eigenvalue weighted by Crippen LogP contribution is 2.15. The smallest absolute Gasteiger partial charge is 0.251 e. The highest BCUT2D eigenvalue weighted by atomic mass is 35.5. The third-order valence-electron chi connectivity index (χ3n) is 3.60. The lowest BCUT2D eigenvalue weighted by Crippen LogP contribution is -2.38. The van der Waals surface area contributed by atoms with E-state index in [1.54, 1.807) is 43.3 Å². The summed E-state index contributed by atoms with van der Waals surface area (Å²) in [6.45, 7) is 1.55. The van der Waals surface area contributed by atoms with Gasteiger partial charge in [-0.1, -0.05) is 23.7 Å². The van der Waals surface area contributed by atoms with Gasteiger partial charge >= 0.3 is 0 Å². The van der Waals surface area contributed by atoms with Gasteiger partial charge in [-0.3, -0.25) is 9.59 Å². The van der Waals surface area contributed by atoms with E-state index in [1.165, 1.54) is 12.1 Å². The molecular formula is C17H18ClN3O4S. The van der Waals surface area contributed by atoms with Gasteiger partial charge < -0.3 is 10.6 Å². The third kappa shape index (κ3) is 5.55. The fraction of sp³-hybridized carbons (Fsp3) is 0.176. The number of hydrogen-bond acceptors (Lipinski definition) is 4. The summed E-state index contributed by atoms with van der Waals surface area (Å²) in [6, 6.07) is 11.8. The Morgan fingerprint density at radius 2 is 1.65 bits per heavy atom. The predicted molar refractivity (Wildman–Crippen MR) is 98.2 cm³/mol. The second kappa shape index (κ2) is 8.31. The largest absolute Gasteiger partial charge is 0.348 e. The summed E-state index contributed by atoms with van der Waals surface area (Å²) in [7, 11) is -3.76. The first-order valence-corrected chi connectivity index (χ1v) is 9.55. The lowest BCUT2D eigenvalue weighted by Gasteiger charge is -2.15. The topological polar surface area (TPSA) is 118 Å². The number of rotatable bonds is 6. The molecule has 138 valence electrons. The maximum Gasteiger partial charge on any atom is 0.251 e. The summed E-state index contributed by atoms with van der Waals surface area (Å²) < 4.78 is 22.5. The van der Waals surface area contributed by atoms with Crippen molar-refractivity contribution in [3.8, 4) is 0 Å². The van der Waals surface area contributed by atoms with Crippen LogP contribution in [0.3, 0.4) is 0 Å². The van der Waals surface area contributed by atoms with Gasteiger partial charge in [0.1, 0.15) is 0 Å². The Morgan fingerprint density at radius 3 is 2.19 bits per heavy atom. The van der Waals surface area contributed by atoms with Crippen molar-refractivity contribution in [1.29, 1.82) is 0 Å². The molecule has 0 aromatic heterocycles. The van der Waals surface area contributed by atoms with Crippen molar-refractivity contribution >= 4 is 33.4 Å². The molecule has 0 radical (unpaired) electrons. The number of nitrogens with one attached hydrogen (secondary N) is 2. The van der Waals surface area contributed by atoms with Gasteiger partial charge in [-0.2, -0.15) is 0 Å². The first-order chi connectivity index (χ1) is 12.2. The second-order valence-corrected chi connectivity index (χ2v) is 7.59. The minimum absolute atomic E-state index is 0.00463. The molecule has 2 aromatic carbocycles. The molecule has 0 bridgehead atoms. The Bertz CT molecular complexity index is 897. The predicted octanol–water partition coefficient (Wildman–Crippen LogP) is 1.59. The van der Waals surface area contributed by atoms with E-state index in [1.807, 2.05) is 0 Å². The fourth-order valence-corrected chi connectivity index (χ4v) is 2.83. The summed E-state index contributed by atoms with van der Waals surface area (Å²) in [5.74, 6) is -0.766. The van der Waals surface area contributed by atoms with Gasteiger partial charge in [-0.25, -0.2) is 13.6 Å². The van der Waals surface area contributed by atoms with Gasteiger partial charge in [-0.15, -0.1) is 0 Å². The first kappa shape index (κ1) is 19.9. The standard InChI is InChI=1S/C17H18ClN3O4S/c1-11(12-4-8-15(9-5-12)26(19,24)25)21-16(22)10-20-17(23)13-2-6-14(18)7-3-13/h2-9,11H,10H2,1H3,(H,20,23)(H,21,22)(H2,19,24,25)/t11-/m1/s1. The molecule has 2 aromatic rings. The minimum Gasteiger partial charge on any atom is -0.348 e. The molecule has 0 spiro atoms. The van der Waals surface area contributed by atoms with E-state index < -0.39 is 10.0 Å². The summed E-state index contributed by atoms with van der Waals surface area (Å²) in [6.07, 6.45) is 0. The molecule has 0 aliphatic rings. The summed E-state index contributed by atoms with van der Waals surface area (Å²) in [4.78, 5) is 23.9. The minimum atomic E-state index is -3.76. The van der Waals surface area contributed by atoms with E-state index in [2.05, 4.69) is 10.6 Å².